The molecule has 1 N–H and O–H groups in total. The van der Waals surface area contributed by atoms with E-state index in [1.54, 1.807) is 25.3 Å². The van der Waals surface area contributed by atoms with E-state index in [0.29, 0.717) is 23.7 Å². The van der Waals surface area contributed by atoms with Gasteiger partial charge in [0.05, 0.1) is 7.11 Å². The van der Waals surface area contributed by atoms with Crippen LogP contribution in [0.15, 0.2) is 66.2 Å². The molecule has 3 aromatic rings. The number of nitrogens with zero attached hydrogens (tertiary/aromatic N) is 1. The van der Waals surface area contributed by atoms with Crippen LogP contribution in [-0.2, 0) is 11.4 Å². The number of ether oxygens (including phenoxy) is 2. The van der Waals surface area contributed by atoms with E-state index in [9.17, 15) is 10.1 Å². The first-order chi connectivity index (χ1) is 15.4. The van der Waals surface area contributed by atoms with Crippen molar-refractivity contribution in [1.29, 1.82) is 5.26 Å². The standard InChI is InChI=1S/C27H26N2O3/c1-18-8-10-21(11-9-18)17-32-24-13-12-22(15-25(24)31-4)14-23(16-28)27(30)29-26-19(2)6-5-7-20(26)3/h5-15H,17H2,1-4H3,(H,29,30)/b23-14-. The number of aryl methyl sites for hydroxylation is 3. The van der Waals surface area contributed by atoms with Gasteiger partial charge in [-0.2, -0.15) is 5.26 Å². The van der Waals surface area contributed by atoms with Crippen LogP contribution in [0.4, 0.5) is 5.69 Å². The van der Waals surface area contributed by atoms with E-state index in [0.717, 1.165) is 22.4 Å². The third-order valence-electron chi connectivity index (χ3n) is 5.10. The highest BCUT2D eigenvalue weighted by atomic mass is 16.5. The Morgan fingerprint density at radius 1 is 1.00 bits per heavy atom. The maximum Gasteiger partial charge on any atom is 0.266 e. The monoisotopic (exact) mass is 426 g/mol. The van der Waals surface area contributed by atoms with Gasteiger partial charge in [-0.05, 0) is 61.2 Å². The molecule has 0 aliphatic heterocycles. The molecule has 32 heavy (non-hydrogen) atoms. The van der Waals surface area contributed by atoms with Gasteiger partial charge in [0, 0.05) is 5.69 Å². The number of nitriles is 1. The van der Waals surface area contributed by atoms with E-state index in [4.69, 9.17) is 9.47 Å². The normalized spacial score (nSPS) is 10.9. The first kappa shape index (κ1) is 22.6. The van der Waals surface area contributed by atoms with Crippen molar-refractivity contribution in [2.45, 2.75) is 27.4 Å². The zero-order valence-corrected chi connectivity index (χ0v) is 18.7. The number of para-hydroxylation sites is 1. The summed E-state index contributed by atoms with van der Waals surface area (Å²) in [6.45, 7) is 6.28. The highest BCUT2D eigenvalue weighted by molar-refractivity contribution is 6.10. The average Bonchev–Trinajstić information content (AvgIpc) is 2.79. The SMILES string of the molecule is COc1cc(/C=C(/C#N)C(=O)Nc2c(C)cccc2C)ccc1OCc1ccc(C)cc1. The van der Waals surface area contributed by atoms with Gasteiger partial charge in [0.15, 0.2) is 11.5 Å². The molecule has 0 spiro atoms. The van der Waals surface area contributed by atoms with E-state index in [1.807, 2.05) is 69.3 Å². The predicted molar refractivity (Wildman–Crippen MR) is 127 cm³/mol. The van der Waals surface area contributed by atoms with Crippen LogP contribution in [0.3, 0.4) is 0 Å². The summed E-state index contributed by atoms with van der Waals surface area (Å²) in [5.74, 6) is 0.658. The Hall–Kier alpha value is -4.04. The second-order valence-corrected chi connectivity index (χ2v) is 7.58. The van der Waals surface area contributed by atoms with Crippen molar-refractivity contribution in [3.63, 3.8) is 0 Å². The van der Waals surface area contributed by atoms with Crippen molar-refractivity contribution in [1.82, 2.24) is 0 Å². The molecule has 0 aromatic heterocycles. The Morgan fingerprint density at radius 3 is 2.31 bits per heavy atom. The maximum absolute atomic E-state index is 12.7. The van der Waals surface area contributed by atoms with Crippen LogP contribution in [0.2, 0.25) is 0 Å². The molecule has 5 nitrogen and oxygen atoms in total. The van der Waals surface area contributed by atoms with Crippen molar-refractivity contribution in [3.05, 3.63) is 94.1 Å². The molecule has 0 aliphatic rings. The molecule has 0 bridgehead atoms. The van der Waals surface area contributed by atoms with Crippen LogP contribution in [0.25, 0.3) is 6.08 Å². The van der Waals surface area contributed by atoms with E-state index >= 15 is 0 Å². The minimum atomic E-state index is -0.455. The van der Waals surface area contributed by atoms with Crippen LogP contribution >= 0.6 is 0 Å². The lowest BCUT2D eigenvalue weighted by molar-refractivity contribution is -0.112. The first-order valence-corrected chi connectivity index (χ1v) is 10.3. The Bertz CT molecular complexity index is 1170. The first-order valence-electron chi connectivity index (χ1n) is 10.3. The van der Waals surface area contributed by atoms with Gasteiger partial charge in [0.1, 0.15) is 18.2 Å². The van der Waals surface area contributed by atoms with Crippen molar-refractivity contribution in [2.75, 3.05) is 12.4 Å². The molecule has 0 radical (unpaired) electrons. The predicted octanol–water partition coefficient (Wildman–Crippen LogP) is 5.75. The third kappa shape index (κ3) is 5.55. The highest BCUT2D eigenvalue weighted by Crippen LogP contribution is 2.30. The number of hydrogen-bond donors (Lipinski definition) is 1. The topological polar surface area (TPSA) is 71.3 Å². The molecule has 5 heteroatoms. The van der Waals surface area contributed by atoms with Crippen LogP contribution in [-0.4, -0.2) is 13.0 Å². The van der Waals surface area contributed by atoms with Crippen LogP contribution in [0.1, 0.15) is 27.8 Å². The molecule has 3 aromatic carbocycles. The third-order valence-corrected chi connectivity index (χ3v) is 5.10. The number of carbonyl (C=O) groups excluding carboxylic acids is 1. The Balaban J connectivity index is 1.77. The minimum absolute atomic E-state index is 0.00281. The Morgan fingerprint density at radius 2 is 1.69 bits per heavy atom. The molecule has 0 atom stereocenters. The van der Waals surface area contributed by atoms with Crippen LogP contribution in [0.5, 0.6) is 11.5 Å². The van der Waals surface area contributed by atoms with Gasteiger partial charge in [-0.25, -0.2) is 0 Å². The van der Waals surface area contributed by atoms with Gasteiger partial charge in [-0.3, -0.25) is 4.79 Å². The van der Waals surface area contributed by atoms with Crippen molar-refractivity contribution >= 4 is 17.7 Å². The lowest BCUT2D eigenvalue weighted by Crippen LogP contribution is -2.15. The lowest BCUT2D eigenvalue weighted by Gasteiger charge is -2.12. The summed E-state index contributed by atoms with van der Waals surface area (Å²) in [6.07, 6.45) is 1.54. The van der Waals surface area contributed by atoms with Crippen molar-refractivity contribution < 1.29 is 14.3 Å². The zero-order chi connectivity index (χ0) is 23.1. The van der Waals surface area contributed by atoms with Gasteiger partial charge in [0.25, 0.3) is 5.91 Å². The summed E-state index contributed by atoms with van der Waals surface area (Å²) in [6, 6.07) is 21.2. The average molecular weight is 427 g/mol. The number of amides is 1. The lowest BCUT2D eigenvalue weighted by atomic mass is 10.1. The molecule has 3 rings (SSSR count). The fraction of sp³-hybridized carbons (Fsp3) is 0.185. The fourth-order valence-corrected chi connectivity index (χ4v) is 3.25. The molecular formula is C27H26N2O3. The highest BCUT2D eigenvalue weighted by Gasteiger charge is 2.13. The molecule has 0 heterocycles. The number of methoxy groups -OCH3 is 1. The largest absolute Gasteiger partial charge is 0.493 e. The second-order valence-electron chi connectivity index (χ2n) is 7.58. The summed E-state index contributed by atoms with van der Waals surface area (Å²) in [5.41, 5.74) is 5.51. The molecule has 0 fully saturated rings. The van der Waals surface area contributed by atoms with E-state index < -0.39 is 5.91 Å². The minimum Gasteiger partial charge on any atom is -0.493 e. The number of carbonyl (C=O) groups is 1. The molecule has 0 saturated carbocycles. The smallest absolute Gasteiger partial charge is 0.266 e. The maximum atomic E-state index is 12.7. The Labute approximate surface area is 188 Å². The summed E-state index contributed by atoms with van der Waals surface area (Å²) < 4.78 is 11.4. The second kappa shape index (κ2) is 10.3. The number of rotatable bonds is 7. The van der Waals surface area contributed by atoms with Crippen molar-refractivity contribution in [2.24, 2.45) is 0 Å². The van der Waals surface area contributed by atoms with Crippen LogP contribution < -0.4 is 14.8 Å². The van der Waals surface area contributed by atoms with Gasteiger partial charge in [-0.1, -0.05) is 54.1 Å². The van der Waals surface area contributed by atoms with Gasteiger partial charge >= 0.3 is 0 Å². The molecular weight excluding hydrogens is 400 g/mol. The zero-order valence-electron chi connectivity index (χ0n) is 18.7. The van der Waals surface area contributed by atoms with Gasteiger partial charge in [-0.15, -0.1) is 0 Å². The Kier molecular flexibility index (Phi) is 7.30. The number of benzene rings is 3. The number of hydrogen-bond acceptors (Lipinski definition) is 4. The molecule has 162 valence electrons. The van der Waals surface area contributed by atoms with E-state index in [-0.39, 0.29) is 5.57 Å². The molecule has 0 unspecified atom stereocenters. The van der Waals surface area contributed by atoms with Crippen molar-refractivity contribution in [3.8, 4) is 17.6 Å². The van der Waals surface area contributed by atoms with E-state index in [2.05, 4.69) is 5.32 Å². The number of nitrogens with one attached hydrogen (secondary N) is 1. The number of anilines is 1. The quantitative estimate of drug-likeness (QED) is 0.386. The fourth-order valence-electron chi connectivity index (χ4n) is 3.25. The summed E-state index contributed by atoms with van der Waals surface area (Å²) in [4.78, 5) is 12.7. The summed E-state index contributed by atoms with van der Waals surface area (Å²) in [5, 5.41) is 12.4. The van der Waals surface area contributed by atoms with Gasteiger partial charge in [0.2, 0.25) is 0 Å². The summed E-state index contributed by atoms with van der Waals surface area (Å²) >= 11 is 0. The van der Waals surface area contributed by atoms with Crippen LogP contribution in [0, 0.1) is 32.1 Å². The molecule has 0 aliphatic carbocycles. The van der Waals surface area contributed by atoms with E-state index in [1.165, 1.54) is 11.6 Å². The van der Waals surface area contributed by atoms with Gasteiger partial charge < -0.3 is 14.8 Å². The molecule has 1 amide bonds. The molecule has 0 saturated heterocycles. The summed E-state index contributed by atoms with van der Waals surface area (Å²) in [7, 11) is 1.56.